The molecular formula is C18H18Cl2N2O3S. The van der Waals surface area contributed by atoms with Crippen molar-refractivity contribution in [3.63, 3.8) is 0 Å². The number of fused-ring (bicyclic) bond motifs is 1. The average molecular weight is 413 g/mol. The van der Waals surface area contributed by atoms with Gasteiger partial charge in [0.2, 0.25) is 0 Å². The molecule has 0 fully saturated rings. The van der Waals surface area contributed by atoms with Crippen LogP contribution in [0, 0.1) is 0 Å². The van der Waals surface area contributed by atoms with Crippen LogP contribution in [-0.4, -0.2) is 37.0 Å². The maximum atomic E-state index is 12.7. The third-order valence-electron chi connectivity index (χ3n) is 4.13. The summed E-state index contributed by atoms with van der Waals surface area (Å²) in [7, 11) is 2.03. The van der Waals surface area contributed by atoms with E-state index in [0.717, 1.165) is 30.0 Å². The van der Waals surface area contributed by atoms with E-state index in [4.69, 9.17) is 27.9 Å². The second-order valence-electron chi connectivity index (χ2n) is 5.99. The normalized spacial score (nSPS) is 14.0. The summed E-state index contributed by atoms with van der Waals surface area (Å²) >= 11 is 13.4. The molecule has 1 N–H and O–H groups in total. The van der Waals surface area contributed by atoms with Crippen LogP contribution in [0.3, 0.4) is 0 Å². The Morgan fingerprint density at radius 2 is 2.12 bits per heavy atom. The molecule has 0 spiro atoms. The number of nitrogens with zero attached hydrogens (tertiary/aromatic N) is 1. The Kier molecular flexibility index (Phi) is 5.87. The highest BCUT2D eigenvalue weighted by molar-refractivity contribution is 7.17. The van der Waals surface area contributed by atoms with Crippen molar-refractivity contribution in [1.82, 2.24) is 4.90 Å². The molecular weight excluding hydrogens is 395 g/mol. The van der Waals surface area contributed by atoms with Crippen LogP contribution in [0.15, 0.2) is 18.2 Å². The average Bonchev–Trinajstić information content (AvgIpc) is 2.91. The van der Waals surface area contributed by atoms with Crippen LogP contribution < -0.4 is 5.32 Å². The lowest BCUT2D eigenvalue weighted by Gasteiger charge is -2.22. The number of hydrogen-bond acceptors (Lipinski definition) is 5. The summed E-state index contributed by atoms with van der Waals surface area (Å²) in [5.74, 6) is -0.795. The molecule has 0 atom stereocenters. The Morgan fingerprint density at radius 3 is 2.81 bits per heavy atom. The molecule has 2 heterocycles. The van der Waals surface area contributed by atoms with Gasteiger partial charge in [-0.15, -0.1) is 11.3 Å². The van der Waals surface area contributed by atoms with Crippen molar-refractivity contribution < 1.29 is 14.3 Å². The van der Waals surface area contributed by atoms with Crippen molar-refractivity contribution in [3.05, 3.63) is 49.8 Å². The van der Waals surface area contributed by atoms with E-state index in [1.54, 1.807) is 19.1 Å². The van der Waals surface area contributed by atoms with Crippen LogP contribution in [0.5, 0.6) is 0 Å². The number of benzene rings is 1. The first kappa shape index (κ1) is 19.2. The second-order valence-corrected chi connectivity index (χ2v) is 7.94. The minimum atomic E-state index is -0.410. The summed E-state index contributed by atoms with van der Waals surface area (Å²) < 4.78 is 5.21. The minimum Gasteiger partial charge on any atom is -0.462 e. The van der Waals surface area contributed by atoms with E-state index in [1.165, 1.54) is 17.4 Å². The van der Waals surface area contributed by atoms with Gasteiger partial charge in [0, 0.05) is 23.0 Å². The molecule has 1 amide bonds. The second kappa shape index (κ2) is 7.96. The lowest BCUT2D eigenvalue weighted by Crippen LogP contribution is -2.26. The van der Waals surface area contributed by atoms with E-state index in [1.807, 2.05) is 7.05 Å². The molecule has 26 heavy (non-hydrogen) atoms. The minimum absolute atomic E-state index is 0.258. The summed E-state index contributed by atoms with van der Waals surface area (Å²) in [6.07, 6.45) is 0.744. The van der Waals surface area contributed by atoms with Gasteiger partial charge >= 0.3 is 5.97 Å². The SMILES string of the molecule is CCOC(=O)c1c(NC(=O)c2ccc(Cl)cc2Cl)sc2c1CCN(C)C2. The van der Waals surface area contributed by atoms with Gasteiger partial charge in [-0.2, -0.15) is 0 Å². The molecule has 0 saturated carbocycles. The lowest BCUT2D eigenvalue weighted by atomic mass is 10.0. The molecule has 1 aromatic carbocycles. The number of nitrogens with one attached hydrogen (secondary N) is 1. The van der Waals surface area contributed by atoms with Gasteiger partial charge in [-0.25, -0.2) is 4.79 Å². The fourth-order valence-corrected chi connectivity index (χ4v) is 4.69. The molecule has 8 heteroatoms. The molecule has 2 aromatic rings. The van der Waals surface area contributed by atoms with Crippen molar-refractivity contribution in [2.45, 2.75) is 19.9 Å². The van der Waals surface area contributed by atoms with E-state index in [-0.39, 0.29) is 17.5 Å². The third-order valence-corrected chi connectivity index (χ3v) is 5.81. The smallest absolute Gasteiger partial charge is 0.341 e. The summed E-state index contributed by atoms with van der Waals surface area (Å²) in [5, 5.41) is 4.04. The zero-order chi connectivity index (χ0) is 18.8. The molecule has 5 nitrogen and oxygen atoms in total. The van der Waals surface area contributed by atoms with Gasteiger partial charge in [-0.05, 0) is 44.2 Å². The van der Waals surface area contributed by atoms with Crippen molar-refractivity contribution in [2.75, 3.05) is 25.5 Å². The highest BCUT2D eigenvalue weighted by Gasteiger charge is 2.29. The van der Waals surface area contributed by atoms with Crippen LogP contribution in [0.4, 0.5) is 5.00 Å². The molecule has 0 aliphatic carbocycles. The number of ether oxygens (including phenoxy) is 1. The molecule has 0 unspecified atom stereocenters. The number of halogens is 2. The predicted molar refractivity (Wildman–Crippen MR) is 105 cm³/mol. The van der Waals surface area contributed by atoms with Crippen LogP contribution in [0.2, 0.25) is 10.0 Å². The van der Waals surface area contributed by atoms with E-state index < -0.39 is 5.97 Å². The molecule has 1 aliphatic rings. The van der Waals surface area contributed by atoms with Crippen molar-refractivity contribution in [2.24, 2.45) is 0 Å². The number of amides is 1. The molecule has 0 radical (unpaired) electrons. The Morgan fingerprint density at radius 1 is 1.35 bits per heavy atom. The Hall–Kier alpha value is -1.60. The van der Waals surface area contributed by atoms with Crippen LogP contribution >= 0.6 is 34.5 Å². The number of hydrogen-bond donors (Lipinski definition) is 1. The van der Waals surface area contributed by atoms with Crippen LogP contribution in [0.1, 0.15) is 38.1 Å². The zero-order valence-corrected chi connectivity index (χ0v) is 16.7. The maximum absolute atomic E-state index is 12.7. The largest absolute Gasteiger partial charge is 0.462 e. The molecule has 0 saturated heterocycles. The van der Waals surface area contributed by atoms with Gasteiger partial charge in [-0.3, -0.25) is 4.79 Å². The van der Waals surface area contributed by atoms with Gasteiger partial charge < -0.3 is 15.0 Å². The summed E-state index contributed by atoms with van der Waals surface area (Å²) in [4.78, 5) is 28.4. The molecule has 1 aliphatic heterocycles. The predicted octanol–water partition coefficient (Wildman–Crippen LogP) is 4.47. The van der Waals surface area contributed by atoms with Gasteiger partial charge in [0.1, 0.15) is 5.00 Å². The quantitative estimate of drug-likeness (QED) is 0.752. The van der Waals surface area contributed by atoms with Gasteiger partial charge in [-0.1, -0.05) is 23.2 Å². The topological polar surface area (TPSA) is 58.6 Å². The molecule has 138 valence electrons. The first-order valence-corrected chi connectivity index (χ1v) is 9.74. The van der Waals surface area contributed by atoms with E-state index in [9.17, 15) is 9.59 Å². The Labute approximate surface area is 165 Å². The van der Waals surface area contributed by atoms with E-state index >= 15 is 0 Å². The third kappa shape index (κ3) is 3.88. The lowest BCUT2D eigenvalue weighted by molar-refractivity contribution is 0.0526. The highest BCUT2D eigenvalue weighted by Crippen LogP contribution is 2.38. The fourth-order valence-electron chi connectivity index (χ4n) is 2.88. The van der Waals surface area contributed by atoms with Gasteiger partial charge in [0.15, 0.2) is 0 Å². The van der Waals surface area contributed by atoms with Crippen LogP contribution in [-0.2, 0) is 17.7 Å². The van der Waals surface area contributed by atoms with Crippen molar-refractivity contribution in [3.8, 4) is 0 Å². The van der Waals surface area contributed by atoms with Crippen molar-refractivity contribution >= 4 is 51.4 Å². The van der Waals surface area contributed by atoms with Crippen molar-refractivity contribution in [1.29, 1.82) is 0 Å². The Bertz CT molecular complexity index is 866. The Balaban J connectivity index is 1.96. The number of rotatable bonds is 4. The number of anilines is 1. The number of thiophene rings is 1. The molecule has 0 bridgehead atoms. The zero-order valence-electron chi connectivity index (χ0n) is 14.4. The van der Waals surface area contributed by atoms with Gasteiger partial charge in [0.25, 0.3) is 5.91 Å². The number of likely N-dealkylation sites (N-methyl/N-ethyl adjacent to an activating group) is 1. The number of carbonyl (C=O) groups is 2. The van der Waals surface area contributed by atoms with E-state index in [0.29, 0.717) is 21.2 Å². The molecule has 3 rings (SSSR count). The summed E-state index contributed by atoms with van der Waals surface area (Å²) in [6.45, 7) is 3.63. The number of carbonyl (C=O) groups excluding carboxylic acids is 2. The first-order valence-electron chi connectivity index (χ1n) is 8.17. The first-order chi connectivity index (χ1) is 12.4. The van der Waals surface area contributed by atoms with E-state index in [2.05, 4.69) is 10.2 Å². The summed E-state index contributed by atoms with van der Waals surface area (Å²) in [6, 6.07) is 4.67. The number of esters is 1. The fraction of sp³-hybridized carbons (Fsp3) is 0.333. The summed E-state index contributed by atoms with van der Waals surface area (Å²) in [5.41, 5.74) is 1.72. The molecule has 1 aromatic heterocycles. The highest BCUT2D eigenvalue weighted by atomic mass is 35.5. The monoisotopic (exact) mass is 412 g/mol. The van der Waals surface area contributed by atoms with Gasteiger partial charge in [0.05, 0.1) is 22.8 Å². The maximum Gasteiger partial charge on any atom is 0.341 e. The standard InChI is InChI=1S/C18H18Cl2N2O3S/c1-3-25-18(24)15-12-6-7-22(2)9-14(12)26-17(15)21-16(23)11-5-4-10(19)8-13(11)20/h4-5,8H,3,6-7,9H2,1-2H3,(H,21,23). The van der Waals surface area contributed by atoms with Crippen LogP contribution in [0.25, 0.3) is 0 Å².